The zero-order valence-corrected chi connectivity index (χ0v) is 10.8. The Balaban J connectivity index is 1.78. The van der Waals surface area contributed by atoms with E-state index in [1.165, 1.54) is 11.3 Å². The minimum Gasteiger partial charge on any atom is -0.289 e. The van der Waals surface area contributed by atoms with Gasteiger partial charge in [-0.1, -0.05) is 0 Å². The second-order valence-corrected chi connectivity index (χ2v) is 5.64. The van der Waals surface area contributed by atoms with Crippen LogP contribution >= 0.6 is 11.3 Å². The average molecular weight is 249 g/mol. The third-order valence-electron chi connectivity index (χ3n) is 3.28. The normalized spacial score (nSPS) is 18.0. The topological polar surface area (TPSA) is 57.7 Å². The van der Waals surface area contributed by atoms with E-state index in [1.54, 1.807) is 11.3 Å². The van der Waals surface area contributed by atoms with Crippen LogP contribution in [0.15, 0.2) is 6.20 Å². The molecule has 1 N–H and O–H groups in total. The summed E-state index contributed by atoms with van der Waals surface area (Å²) in [5.74, 6) is 0. The molecule has 0 aromatic carbocycles. The Hall–Kier alpha value is -1.27. The van der Waals surface area contributed by atoms with Crippen LogP contribution in [-0.2, 0) is 13.0 Å². The van der Waals surface area contributed by atoms with Gasteiger partial charge in [0.1, 0.15) is 10.0 Å². The van der Waals surface area contributed by atoms with E-state index in [0.29, 0.717) is 6.04 Å². The van der Waals surface area contributed by atoms with Gasteiger partial charge in [-0.05, 0) is 13.8 Å². The molecule has 1 unspecified atom stereocenters. The second-order valence-electron chi connectivity index (χ2n) is 4.43. The fourth-order valence-electron chi connectivity index (χ4n) is 2.21. The first-order chi connectivity index (χ1) is 8.24. The van der Waals surface area contributed by atoms with Crippen molar-refractivity contribution in [3.05, 3.63) is 27.5 Å². The van der Waals surface area contributed by atoms with Crippen LogP contribution in [0.2, 0.25) is 0 Å². The molecule has 6 heteroatoms. The Morgan fingerprint density at radius 1 is 1.47 bits per heavy atom. The van der Waals surface area contributed by atoms with E-state index in [0.717, 1.165) is 29.5 Å². The van der Waals surface area contributed by atoms with Crippen LogP contribution in [0.1, 0.15) is 34.2 Å². The lowest BCUT2D eigenvalue weighted by Crippen LogP contribution is -2.32. The molecule has 0 bridgehead atoms. The predicted molar refractivity (Wildman–Crippen MR) is 65.8 cm³/mol. The minimum atomic E-state index is 0.337. The number of H-pyrrole nitrogens is 1. The number of aromatic amines is 1. The van der Waals surface area contributed by atoms with Crippen molar-refractivity contribution in [2.24, 2.45) is 0 Å². The number of aromatic nitrogens is 4. The highest BCUT2D eigenvalue weighted by molar-refractivity contribution is 7.11. The molecule has 17 heavy (non-hydrogen) atoms. The van der Waals surface area contributed by atoms with Gasteiger partial charge in [-0.25, -0.2) is 0 Å². The van der Waals surface area contributed by atoms with Crippen LogP contribution in [0.5, 0.6) is 0 Å². The molecule has 0 fully saturated rings. The summed E-state index contributed by atoms with van der Waals surface area (Å²) in [5, 5.41) is 17.6. The summed E-state index contributed by atoms with van der Waals surface area (Å²) in [6, 6.07) is 0.337. The molecule has 2 aromatic rings. The molecule has 2 aromatic heterocycles. The number of rotatable bonds is 2. The lowest BCUT2D eigenvalue weighted by atomic mass is 10.1. The molecular weight excluding hydrogens is 234 g/mol. The van der Waals surface area contributed by atoms with E-state index in [1.807, 2.05) is 13.1 Å². The summed E-state index contributed by atoms with van der Waals surface area (Å²) in [5.41, 5.74) is 2.59. The smallest absolute Gasteiger partial charge is 0.134 e. The monoisotopic (exact) mass is 249 g/mol. The van der Waals surface area contributed by atoms with Gasteiger partial charge in [-0.3, -0.25) is 10.00 Å². The largest absolute Gasteiger partial charge is 0.289 e. The minimum absolute atomic E-state index is 0.337. The van der Waals surface area contributed by atoms with Gasteiger partial charge in [0, 0.05) is 30.8 Å². The highest BCUT2D eigenvalue weighted by Crippen LogP contribution is 2.28. The quantitative estimate of drug-likeness (QED) is 0.880. The third-order valence-corrected chi connectivity index (χ3v) is 4.29. The summed E-state index contributed by atoms with van der Waals surface area (Å²) < 4.78 is 0. The molecule has 3 rings (SSSR count). The van der Waals surface area contributed by atoms with Crippen molar-refractivity contribution in [1.82, 2.24) is 25.3 Å². The average Bonchev–Trinajstić information content (AvgIpc) is 2.95. The van der Waals surface area contributed by atoms with Crippen LogP contribution in [0.3, 0.4) is 0 Å². The van der Waals surface area contributed by atoms with Crippen LogP contribution in [0, 0.1) is 6.92 Å². The first kappa shape index (κ1) is 10.9. The van der Waals surface area contributed by atoms with E-state index in [4.69, 9.17) is 0 Å². The van der Waals surface area contributed by atoms with Gasteiger partial charge in [-0.2, -0.15) is 5.10 Å². The number of fused-ring (bicyclic) bond motifs is 1. The maximum absolute atomic E-state index is 4.24. The zero-order valence-electron chi connectivity index (χ0n) is 9.97. The Morgan fingerprint density at radius 2 is 2.35 bits per heavy atom. The van der Waals surface area contributed by atoms with Crippen LogP contribution in [0.25, 0.3) is 0 Å². The summed E-state index contributed by atoms with van der Waals surface area (Å²) >= 11 is 1.69. The maximum Gasteiger partial charge on any atom is 0.134 e. The Labute approximate surface area is 104 Å². The van der Waals surface area contributed by atoms with Crippen molar-refractivity contribution in [3.8, 4) is 0 Å². The van der Waals surface area contributed by atoms with Crippen molar-refractivity contribution in [2.75, 3.05) is 6.54 Å². The van der Waals surface area contributed by atoms with Gasteiger partial charge in [-0.15, -0.1) is 21.5 Å². The standard InChI is InChI=1S/C11H15N5S/c1-7(11-15-13-8(2)17-11)16-4-3-10-9(6-16)5-12-14-10/h5,7H,3-4,6H2,1-2H3,(H,12,14). The van der Waals surface area contributed by atoms with Crippen molar-refractivity contribution >= 4 is 11.3 Å². The van der Waals surface area contributed by atoms with Gasteiger partial charge in [0.15, 0.2) is 0 Å². The number of hydrogen-bond donors (Lipinski definition) is 1. The Bertz CT molecular complexity index is 517. The maximum atomic E-state index is 4.24. The van der Waals surface area contributed by atoms with E-state index in [9.17, 15) is 0 Å². The predicted octanol–water partition coefficient (Wildman–Crippen LogP) is 1.69. The van der Waals surface area contributed by atoms with Gasteiger partial charge >= 0.3 is 0 Å². The summed E-state index contributed by atoms with van der Waals surface area (Å²) in [7, 11) is 0. The van der Waals surface area contributed by atoms with E-state index >= 15 is 0 Å². The molecule has 0 amide bonds. The fourth-order valence-corrected chi connectivity index (χ4v) is 3.00. The number of hydrogen-bond acceptors (Lipinski definition) is 5. The zero-order chi connectivity index (χ0) is 11.8. The van der Waals surface area contributed by atoms with E-state index in [2.05, 4.69) is 32.2 Å². The molecule has 0 saturated carbocycles. The molecule has 3 heterocycles. The molecule has 0 aliphatic carbocycles. The first-order valence-corrected chi connectivity index (χ1v) is 6.61. The fraction of sp³-hybridized carbons (Fsp3) is 0.545. The lowest BCUT2D eigenvalue weighted by molar-refractivity contribution is 0.190. The molecule has 0 saturated heterocycles. The van der Waals surface area contributed by atoms with Gasteiger partial charge in [0.05, 0.1) is 12.2 Å². The lowest BCUT2D eigenvalue weighted by Gasteiger charge is -2.30. The highest BCUT2D eigenvalue weighted by Gasteiger charge is 2.24. The number of nitrogens with one attached hydrogen (secondary N) is 1. The summed E-state index contributed by atoms with van der Waals surface area (Å²) in [4.78, 5) is 2.43. The molecule has 5 nitrogen and oxygen atoms in total. The third kappa shape index (κ3) is 1.98. The van der Waals surface area contributed by atoms with Crippen molar-refractivity contribution < 1.29 is 0 Å². The van der Waals surface area contributed by atoms with E-state index in [-0.39, 0.29) is 0 Å². The molecule has 0 radical (unpaired) electrons. The molecule has 1 aliphatic heterocycles. The Morgan fingerprint density at radius 3 is 3.12 bits per heavy atom. The van der Waals surface area contributed by atoms with Crippen molar-refractivity contribution in [3.63, 3.8) is 0 Å². The second kappa shape index (κ2) is 4.19. The first-order valence-electron chi connectivity index (χ1n) is 5.79. The number of aryl methyl sites for hydroxylation is 1. The molecule has 1 aliphatic rings. The molecule has 90 valence electrons. The molecule has 1 atom stereocenters. The van der Waals surface area contributed by atoms with Crippen LogP contribution in [-0.4, -0.2) is 31.8 Å². The van der Waals surface area contributed by atoms with E-state index < -0.39 is 0 Å². The molecule has 0 spiro atoms. The van der Waals surface area contributed by atoms with Crippen molar-refractivity contribution in [1.29, 1.82) is 0 Å². The van der Waals surface area contributed by atoms with Crippen molar-refractivity contribution in [2.45, 2.75) is 32.9 Å². The van der Waals surface area contributed by atoms with Crippen LogP contribution < -0.4 is 0 Å². The highest BCUT2D eigenvalue weighted by atomic mass is 32.1. The summed E-state index contributed by atoms with van der Waals surface area (Å²) in [6.45, 7) is 6.20. The van der Waals surface area contributed by atoms with Crippen LogP contribution in [0.4, 0.5) is 0 Å². The van der Waals surface area contributed by atoms with Gasteiger partial charge in [0.2, 0.25) is 0 Å². The van der Waals surface area contributed by atoms with Gasteiger partial charge < -0.3 is 0 Å². The van der Waals surface area contributed by atoms with Gasteiger partial charge in [0.25, 0.3) is 0 Å². The Kier molecular flexibility index (Phi) is 2.68. The summed E-state index contributed by atoms with van der Waals surface area (Å²) in [6.07, 6.45) is 2.97. The number of nitrogens with zero attached hydrogens (tertiary/aromatic N) is 4. The SMILES string of the molecule is Cc1nnc(C(C)N2CCc3[nH]ncc3C2)s1. The molecular formula is C11H15N5S.